The van der Waals surface area contributed by atoms with Crippen LogP contribution < -0.4 is 0 Å². The fourth-order valence-electron chi connectivity index (χ4n) is 2.81. The lowest BCUT2D eigenvalue weighted by Gasteiger charge is -2.11. The molecule has 3 heteroatoms. The smallest absolute Gasteiger partial charge is 0.110 e. The summed E-state index contributed by atoms with van der Waals surface area (Å²) in [5.74, 6) is 0. The van der Waals surface area contributed by atoms with E-state index in [1.165, 1.54) is 32.6 Å². The highest BCUT2D eigenvalue weighted by Gasteiger charge is 2.22. The van der Waals surface area contributed by atoms with Gasteiger partial charge in [-0.2, -0.15) is 5.26 Å². The number of fused-ring (bicyclic) bond motifs is 5. The third kappa shape index (κ3) is 1.21. The first-order valence-electron chi connectivity index (χ1n) is 5.99. The maximum Gasteiger partial charge on any atom is 0.110 e. The zero-order chi connectivity index (χ0) is 12.1. The number of nitriles is 1. The van der Waals surface area contributed by atoms with Crippen molar-refractivity contribution in [1.82, 2.24) is 4.98 Å². The summed E-state index contributed by atoms with van der Waals surface area (Å²) in [4.78, 5) is 5.66. The monoisotopic (exact) mass is 250 g/mol. The average molecular weight is 250 g/mol. The summed E-state index contributed by atoms with van der Waals surface area (Å²) in [5.41, 5.74) is 5.05. The molecule has 2 aromatic heterocycles. The van der Waals surface area contributed by atoms with Crippen LogP contribution in [0.2, 0.25) is 0 Å². The van der Waals surface area contributed by atoms with Crippen LogP contribution in [-0.4, -0.2) is 4.98 Å². The predicted molar refractivity (Wildman–Crippen MR) is 73.7 cm³/mol. The van der Waals surface area contributed by atoms with Gasteiger partial charge in [-0.3, -0.25) is 0 Å². The number of aryl methyl sites for hydroxylation is 2. The summed E-state index contributed by atoms with van der Waals surface area (Å²) in [6.07, 6.45) is 2.12. The van der Waals surface area contributed by atoms with Crippen LogP contribution in [0.1, 0.15) is 15.3 Å². The van der Waals surface area contributed by atoms with Crippen molar-refractivity contribution >= 4 is 22.2 Å². The molecule has 1 aliphatic rings. The molecule has 2 nitrogen and oxygen atoms in total. The van der Waals surface area contributed by atoms with E-state index in [2.05, 4.69) is 35.3 Å². The Morgan fingerprint density at radius 2 is 2.11 bits per heavy atom. The van der Waals surface area contributed by atoms with Crippen LogP contribution in [0.5, 0.6) is 0 Å². The molecule has 0 unspecified atom stereocenters. The van der Waals surface area contributed by atoms with Crippen LogP contribution >= 0.6 is 11.3 Å². The molecule has 0 bridgehead atoms. The van der Waals surface area contributed by atoms with Gasteiger partial charge in [0.2, 0.25) is 0 Å². The number of benzene rings is 1. The van der Waals surface area contributed by atoms with Crippen molar-refractivity contribution in [3.63, 3.8) is 0 Å². The Hall–Kier alpha value is -2.05. The summed E-state index contributed by atoms with van der Waals surface area (Å²) in [7, 11) is 0. The fraction of sp³-hybridized carbons (Fsp3) is 0.133. The topological polar surface area (TPSA) is 39.6 Å². The van der Waals surface area contributed by atoms with Gasteiger partial charge in [0.25, 0.3) is 0 Å². The molecule has 4 rings (SSSR count). The van der Waals surface area contributed by atoms with Crippen molar-refractivity contribution in [3.05, 3.63) is 45.6 Å². The molecule has 0 atom stereocenters. The third-order valence-corrected chi connectivity index (χ3v) is 4.70. The van der Waals surface area contributed by atoms with Crippen LogP contribution in [0.25, 0.3) is 22.2 Å². The van der Waals surface area contributed by atoms with Gasteiger partial charge >= 0.3 is 0 Å². The van der Waals surface area contributed by atoms with Crippen LogP contribution in [0.4, 0.5) is 0 Å². The van der Waals surface area contributed by atoms with Gasteiger partial charge in [-0.1, -0.05) is 18.2 Å². The highest BCUT2D eigenvalue weighted by Crippen LogP contribution is 2.41. The largest absolute Gasteiger partial charge is 0.354 e. The maximum absolute atomic E-state index is 9.02. The molecule has 86 valence electrons. The molecule has 1 aliphatic carbocycles. The van der Waals surface area contributed by atoms with Crippen molar-refractivity contribution in [1.29, 1.82) is 5.26 Å². The zero-order valence-electron chi connectivity index (χ0n) is 9.66. The van der Waals surface area contributed by atoms with Gasteiger partial charge in [0.15, 0.2) is 0 Å². The van der Waals surface area contributed by atoms with E-state index in [1.807, 2.05) is 6.07 Å². The van der Waals surface area contributed by atoms with Gasteiger partial charge in [-0.05, 0) is 30.5 Å². The second-order valence-corrected chi connectivity index (χ2v) is 5.72. The molecule has 0 amide bonds. The summed E-state index contributed by atoms with van der Waals surface area (Å²) < 4.78 is 0. The van der Waals surface area contributed by atoms with Crippen molar-refractivity contribution in [2.24, 2.45) is 0 Å². The minimum Gasteiger partial charge on any atom is -0.354 e. The lowest BCUT2D eigenvalue weighted by molar-refractivity contribution is 0.970. The van der Waals surface area contributed by atoms with Gasteiger partial charge in [-0.15, -0.1) is 11.3 Å². The summed E-state index contributed by atoms with van der Waals surface area (Å²) in [5, 5.41) is 10.3. The van der Waals surface area contributed by atoms with Crippen molar-refractivity contribution in [2.45, 2.75) is 12.8 Å². The molecular formula is C15H10N2S. The van der Waals surface area contributed by atoms with Crippen LogP contribution in [0.15, 0.2) is 30.3 Å². The first kappa shape index (κ1) is 9.93. The summed E-state index contributed by atoms with van der Waals surface area (Å²) in [6, 6.07) is 12.7. The minimum atomic E-state index is 0.812. The Morgan fingerprint density at radius 3 is 3.00 bits per heavy atom. The average Bonchev–Trinajstić information content (AvgIpc) is 2.98. The molecule has 0 saturated carbocycles. The van der Waals surface area contributed by atoms with Gasteiger partial charge < -0.3 is 4.98 Å². The van der Waals surface area contributed by atoms with Gasteiger partial charge in [0.1, 0.15) is 10.9 Å². The number of aromatic amines is 1. The molecule has 0 saturated heterocycles. The van der Waals surface area contributed by atoms with Gasteiger partial charge in [0.05, 0.1) is 5.69 Å². The number of rotatable bonds is 0. The molecule has 2 heterocycles. The Labute approximate surface area is 109 Å². The number of hydrogen-bond acceptors (Lipinski definition) is 2. The standard InChI is InChI=1S/C15H10N2S/c16-8-9-7-12-14(18-9)6-5-11-10-3-1-2-4-13(10)17-15(11)12/h1-4,7,17H,5-6H2. The van der Waals surface area contributed by atoms with Crippen LogP contribution in [0.3, 0.4) is 0 Å². The second-order valence-electron chi connectivity index (χ2n) is 4.58. The van der Waals surface area contributed by atoms with E-state index in [0.717, 1.165) is 17.7 Å². The highest BCUT2D eigenvalue weighted by atomic mass is 32.1. The summed E-state index contributed by atoms with van der Waals surface area (Å²) >= 11 is 1.63. The van der Waals surface area contributed by atoms with E-state index in [9.17, 15) is 0 Å². The number of para-hydroxylation sites is 1. The molecular weight excluding hydrogens is 240 g/mol. The SMILES string of the molecule is N#Cc1cc2c(s1)CCc1c-2[nH]c2ccccc12. The number of H-pyrrole nitrogens is 1. The molecule has 0 radical (unpaired) electrons. The Bertz CT molecular complexity index is 802. The Kier molecular flexibility index (Phi) is 1.91. The van der Waals surface area contributed by atoms with Crippen molar-refractivity contribution in [3.8, 4) is 17.3 Å². The molecule has 1 aromatic carbocycles. The van der Waals surface area contributed by atoms with E-state index in [4.69, 9.17) is 5.26 Å². The molecule has 18 heavy (non-hydrogen) atoms. The van der Waals surface area contributed by atoms with Crippen LogP contribution in [0, 0.1) is 11.3 Å². The number of thiophene rings is 1. The van der Waals surface area contributed by atoms with Gasteiger partial charge in [0, 0.05) is 21.3 Å². The molecule has 0 spiro atoms. The van der Waals surface area contributed by atoms with Gasteiger partial charge in [-0.25, -0.2) is 0 Å². The van der Waals surface area contributed by atoms with Crippen LogP contribution in [-0.2, 0) is 12.8 Å². The van der Waals surface area contributed by atoms with E-state index < -0.39 is 0 Å². The first-order chi connectivity index (χ1) is 8.86. The molecule has 1 N–H and O–H groups in total. The third-order valence-electron chi connectivity index (χ3n) is 3.60. The lowest BCUT2D eigenvalue weighted by atomic mass is 9.95. The molecule has 0 fully saturated rings. The Balaban J connectivity index is 2.06. The summed E-state index contributed by atoms with van der Waals surface area (Å²) in [6.45, 7) is 0. The molecule has 3 aromatic rings. The fourth-order valence-corrected chi connectivity index (χ4v) is 3.77. The second kappa shape index (κ2) is 3.47. The predicted octanol–water partition coefficient (Wildman–Crippen LogP) is 3.87. The van der Waals surface area contributed by atoms with E-state index in [1.54, 1.807) is 11.3 Å². The maximum atomic E-state index is 9.02. The minimum absolute atomic E-state index is 0.812. The number of nitrogens with zero attached hydrogens (tertiary/aromatic N) is 1. The Morgan fingerprint density at radius 1 is 1.22 bits per heavy atom. The van der Waals surface area contributed by atoms with Crippen molar-refractivity contribution in [2.75, 3.05) is 0 Å². The van der Waals surface area contributed by atoms with E-state index in [-0.39, 0.29) is 0 Å². The molecule has 0 aliphatic heterocycles. The van der Waals surface area contributed by atoms with E-state index >= 15 is 0 Å². The quantitative estimate of drug-likeness (QED) is 0.646. The zero-order valence-corrected chi connectivity index (χ0v) is 10.5. The number of aromatic nitrogens is 1. The highest BCUT2D eigenvalue weighted by molar-refractivity contribution is 7.13. The van der Waals surface area contributed by atoms with Crippen molar-refractivity contribution < 1.29 is 0 Å². The number of hydrogen-bond donors (Lipinski definition) is 1. The lowest BCUT2D eigenvalue weighted by Crippen LogP contribution is -1.98. The first-order valence-corrected chi connectivity index (χ1v) is 6.81. The van der Waals surface area contributed by atoms with E-state index in [0.29, 0.717) is 0 Å². The normalized spacial score (nSPS) is 13.1. The number of nitrogens with one attached hydrogen (secondary N) is 1.